The molecule has 0 fully saturated rings. The van der Waals surface area contributed by atoms with Gasteiger partial charge in [0.15, 0.2) is 11.7 Å². The third-order valence-electron chi connectivity index (χ3n) is 3.68. The van der Waals surface area contributed by atoms with Crippen molar-refractivity contribution < 1.29 is 0 Å². The van der Waals surface area contributed by atoms with E-state index in [0.717, 1.165) is 16.6 Å². The number of rotatable bonds is 2. The highest BCUT2D eigenvalue weighted by atomic mass is 15.1. The maximum atomic E-state index is 8.28. The zero-order chi connectivity index (χ0) is 16.4. The monoisotopic (exact) mass is 314 g/mol. The lowest BCUT2D eigenvalue weighted by molar-refractivity contribution is 1.16. The topological polar surface area (TPSA) is 82.7 Å². The standard InChI is InChI=1S/C18H14N6/c19-17(14-4-1-2-8-21-14)23-18(15-5-3-9-22-15)24-11-7-13-12-20-10-6-16(13)24/h1-12,19,22H/b19-17?,23-18+. The molecule has 0 saturated heterocycles. The van der Waals surface area contributed by atoms with E-state index >= 15 is 0 Å². The van der Waals surface area contributed by atoms with Gasteiger partial charge < -0.3 is 4.98 Å². The van der Waals surface area contributed by atoms with Crippen LogP contribution in [0.15, 0.2) is 78.4 Å². The third kappa shape index (κ3) is 2.50. The fourth-order valence-corrected chi connectivity index (χ4v) is 2.55. The number of hydrogen-bond acceptors (Lipinski definition) is 3. The van der Waals surface area contributed by atoms with Crippen LogP contribution in [0.4, 0.5) is 0 Å². The SMILES string of the molecule is N=C(/N=C(\c1ccc[nH]1)n1ccc2cnccc21)c1ccccn1. The second-order valence-electron chi connectivity index (χ2n) is 5.20. The molecule has 4 heterocycles. The van der Waals surface area contributed by atoms with Crippen molar-refractivity contribution in [3.63, 3.8) is 0 Å². The van der Waals surface area contributed by atoms with Crippen LogP contribution >= 0.6 is 0 Å². The van der Waals surface area contributed by atoms with E-state index in [1.165, 1.54) is 0 Å². The van der Waals surface area contributed by atoms with Gasteiger partial charge in [0, 0.05) is 36.4 Å². The number of nitrogens with zero attached hydrogens (tertiary/aromatic N) is 4. The van der Waals surface area contributed by atoms with Crippen LogP contribution in [-0.2, 0) is 0 Å². The molecule has 0 aliphatic rings. The first-order valence-corrected chi connectivity index (χ1v) is 7.47. The van der Waals surface area contributed by atoms with Crippen molar-refractivity contribution in [2.45, 2.75) is 0 Å². The minimum Gasteiger partial charge on any atom is -0.359 e. The van der Waals surface area contributed by atoms with E-state index < -0.39 is 0 Å². The third-order valence-corrected chi connectivity index (χ3v) is 3.68. The first-order chi connectivity index (χ1) is 11.8. The van der Waals surface area contributed by atoms with Gasteiger partial charge in [-0.2, -0.15) is 0 Å². The molecule has 24 heavy (non-hydrogen) atoms. The molecule has 116 valence electrons. The molecule has 0 unspecified atom stereocenters. The number of amidine groups is 1. The summed E-state index contributed by atoms with van der Waals surface area (Å²) in [5, 5.41) is 9.30. The summed E-state index contributed by atoms with van der Waals surface area (Å²) in [6.07, 6.45) is 8.97. The molecule has 6 nitrogen and oxygen atoms in total. The maximum absolute atomic E-state index is 8.28. The minimum absolute atomic E-state index is 0.108. The number of hydrogen-bond donors (Lipinski definition) is 2. The number of H-pyrrole nitrogens is 1. The molecule has 4 aromatic heterocycles. The fourth-order valence-electron chi connectivity index (χ4n) is 2.55. The van der Waals surface area contributed by atoms with Gasteiger partial charge in [-0.15, -0.1) is 0 Å². The Morgan fingerprint density at radius 1 is 1.08 bits per heavy atom. The van der Waals surface area contributed by atoms with Crippen molar-refractivity contribution in [2.24, 2.45) is 4.99 Å². The summed E-state index contributed by atoms with van der Waals surface area (Å²) in [5.74, 6) is 0.743. The molecule has 0 spiro atoms. The van der Waals surface area contributed by atoms with Crippen molar-refractivity contribution in [2.75, 3.05) is 0 Å². The molecule has 0 amide bonds. The van der Waals surface area contributed by atoms with Gasteiger partial charge in [0.25, 0.3) is 0 Å². The Balaban J connectivity index is 1.87. The quantitative estimate of drug-likeness (QED) is 0.440. The summed E-state index contributed by atoms with van der Waals surface area (Å²) in [5.41, 5.74) is 2.33. The van der Waals surface area contributed by atoms with E-state index in [4.69, 9.17) is 5.41 Å². The molecule has 0 aliphatic carbocycles. The van der Waals surface area contributed by atoms with Crippen molar-refractivity contribution in [3.05, 3.63) is 84.8 Å². The Morgan fingerprint density at radius 2 is 2.04 bits per heavy atom. The van der Waals surface area contributed by atoms with Crippen molar-refractivity contribution in [1.29, 1.82) is 5.41 Å². The van der Waals surface area contributed by atoms with Crippen LogP contribution in [0.1, 0.15) is 11.4 Å². The molecule has 0 bridgehead atoms. The van der Waals surface area contributed by atoms with Crippen molar-refractivity contribution in [3.8, 4) is 0 Å². The molecule has 0 saturated carbocycles. The zero-order valence-corrected chi connectivity index (χ0v) is 12.7. The molecule has 0 aliphatic heterocycles. The highest BCUT2D eigenvalue weighted by molar-refractivity contribution is 6.12. The lowest BCUT2D eigenvalue weighted by atomic mass is 10.3. The Hall–Kier alpha value is -3.54. The summed E-state index contributed by atoms with van der Waals surface area (Å²) in [4.78, 5) is 16.0. The summed E-state index contributed by atoms with van der Waals surface area (Å²) < 4.78 is 1.94. The summed E-state index contributed by atoms with van der Waals surface area (Å²) in [7, 11) is 0. The lowest BCUT2D eigenvalue weighted by Crippen LogP contribution is -2.16. The van der Waals surface area contributed by atoms with Gasteiger partial charge in [0.2, 0.25) is 0 Å². The molecule has 6 heteroatoms. The average molecular weight is 314 g/mol. The van der Waals surface area contributed by atoms with Gasteiger partial charge in [-0.05, 0) is 36.4 Å². The van der Waals surface area contributed by atoms with Crippen LogP contribution in [-0.4, -0.2) is 31.2 Å². The van der Waals surface area contributed by atoms with E-state index in [0.29, 0.717) is 11.5 Å². The molecule has 4 rings (SSSR count). The number of aliphatic imine (C=N–C) groups is 1. The van der Waals surface area contributed by atoms with Crippen LogP contribution in [0.25, 0.3) is 10.9 Å². The first-order valence-electron chi connectivity index (χ1n) is 7.47. The molecule has 2 N–H and O–H groups in total. The van der Waals surface area contributed by atoms with E-state index in [1.54, 1.807) is 18.5 Å². The molecule has 0 aromatic carbocycles. The van der Waals surface area contributed by atoms with Crippen molar-refractivity contribution >= 4 is 22.6 Å². The Bertz CT molecular complexity index is 1010. The van der Waals surface area contributed by atoms with Gasteiger partial charge in [-0.1, -0.05) is 6.07 Å². The largest absolute Gasteiger partial charge is 0.359 e. The molecular weight excluding hydrogens is 300 g/mol. The van der Waals surface area contributed by atoms with Crippen LogP contribution in [0.3, 0.4) is 0 Å². The van der Waals surface area contributed by atoms with E-state index in [9.17, 15) is 0 Å². The summed E-state index contributed by atoms with van der Waals surface area (Å²) in [6.45, 7) is 0. The molecule has 0 radical (unpaired) electrons. The number of fused-ring (bicyclic) bond motifs is 1. The van der Waals surface area contributed by atoms with Gasteiger partial charge in [-0.3, -0.25) is 19.9 Å². The molecule has 0 atom stereocenters. The first kappa shape index (κ1) is 14.1. The van der Waals surface area contributed by atoms with Crippen LogP contribution in [0.5, 0.6) is 0 Å². The minimum atomic E-state index is 0.108. The molecule has 4 aromatic rings. The number of aromatic nitrogens is 4. The van der Waals surface area contributed by atoms with Crippen molar-refractivity contribution in [1.82, 2.24) is 19.5 Å². The second-order valence-corrected chi connectivity index (χ2v) is 5.20. The lowest BCUT2D eigenvalue weighted by Gasteiger charge is -2.09. The van der Waals surface area contributed by atoms with Crippen LogP contribution in [0.2, 0.25) is 0 Å². The Morgan fingerprint density at radius 3 is 2.83 bits per heavy atom. The highest BCUT2D eigenvalue weighted by Gasteiger charge is 2.12. The van der Waals surface area contributed by atoms with Crippen LogP contribution in [0, 0.1) is 5.41 Å². The van der Waals surface area contributed by atoms with Gasteiger partial charge >= 0.3 is 0 Å². The predicted molar refractivity (Wildman–Crippen MR) is 93.5 cm³/mol. The maximum Gasteiger partial charge on any atom is 0.172 e. The fraction of sp³-hybridized carbons (Fsp3) is 0. The number of nitrogens with one attached hydrogen (secondary N) is 2. The number of pyridine rings is 2. The second kappa shape index (κ2) is 5.92. The summed E-state index contributed by atoms with van der Waals surface area (Å²) >= 11 is 0. The van der Waals surface area contributed by atoms with E-state index in [1.807, 2.05) is 59.6 Å². The van der Waals surface area contributed by atoms with Gasteiger partial charge in [0.1, 0.15) is 5.69 Å². The predicted octanol–water partition coefficient (Wildman–Crippen LogP) is 3.08. The van der Waals surface area contributed by atoms with E-state index in [-0.39, 0.29) is 5.84 Å². The Kier molecular flexibility index (Phi) is 3.47. The average Bonchev–Trinajstić information content (AvgIpc) is 3.30. The van der Waals surface area contributed by atoms with E-state index in [2.05, 4.69) is 19.9 Å². The highest BCUT2D eigenvalue weighted by Crippen LogP contribution is 2.16. The van der Waals surface area contributed by atoms with Gasteiger partial charge in [0.05, 0.1) is 11.2 Å². The summed E-state index contributed by atoms with van der Waals surface area (Å²) in [6, 6.07) is 13.2. The normalized spacial score (nSPS) is 11.8. The smallest absolute Gasteiger partial charge is 0.172 e. The van der Waals surface area contributed by atoms with Gasteiger partial charge in [-0.25, -0.2) is 4.99 Å². The number of aromatic amines is 1. The zero-order valence-electron chi connectivity index (χ0n) is 12.7. The molecular formula is C18H14N6. The Labute approximate surface area is 138 Å². The van der Waals surface area contributed by atoms with Crippen LogP contribution < -0.4 is 0 Å².